The smallest absolute Gasteiger partial charge is 0.315 e. The monoisotopic (exact) mass is 351 g/mol. The van der Waals surface area contributed by atoms with Crippen LogP contribution in [0, 0.1) is 5.92 Å². The van der Waals surface area contributed by atoms with Crippen molar-refractivity contribution in [2.24, 2.45) is 10.9 Å². The van der Waals surface area contributed by atoms with Crippen molar-refractivity contribution >= 4 is 17.5 Å². The van der Waals surface area contributed by atoms with E-state index in [1.807, 2.05) is 13.1 Å². The number of ether oxygens (including phenoxy) is 1. The summed E-state index contributed by atoms with van der Waals surface area (Å²) in [6, 6.07) is 6.50. The van der Waals surface area contributed by atoms with Crippen molar-refractivity contribution in [3.63, 3.8) is 0 Å². The minimum Gasteiger partial charge on any atom is -0.465 e. The number of nitrogens with one attached hydrogen (secondary N) is 1. The van der Waals surface area contributed by atoms with Crippen LogP contribution in [0.25, 0.3) is 0 Å². The van der Waals surface area contributed by atoms with Gasteiger partial charge in [-0.3, -0.25) is 9.89 Å². The number of esters is 1. The Balaban J connectivity index is 1.88. The molecular weight excluding hydrogens is 326 g/mol. The number of aryl methyl sites for hydroxylation is 1. The Morgan fingerprint density at radius 3 is 2.96 bits per heavy atom. The first-order valence-corrected chi connectivity index (χ1v) is 9.62. The summed E-state index contributed by atoms with van der Waals surface area (Å²) in [5.41, 5.74) is 5.96. The molecule has 0 radical (unpaired) electrons. The summed E-state index contributed by atoms with van der Waals surface area (Å²) >= 11 is 0. The molecular formula is C21H25N3O2. The number of hydrogen-bond acceptors (Lipinski definition) is 4. The first kappa shape index (κ1) is 17.0. The molecule has 0 spiro atoms. The summed E-state index contributed by atoms with van der Waals surface area (Å²) in [7, 11) is 0. The molecule has 0 amide bonds. The van der Waals surface area contributed by atoms with Crippen LogP contribution < -0.4 is 0 Å². The van der Waals surface area contributed by atoms with Crippen LogP contribution in [0.5, 0.6) is 0 Å². The van der Waals surface area contributed by atoms with E-state index in [2.05, 4.69) is 35.3 Å². The predicted molar refractivity (Wildman–Crippen MR) is 101 cm³/mol. The predicted octanol–water partition coefficient (Wildman–Crippen LogP) is 4.10. The van der Waals surface area contributed by atoms with E-state index in [-0.39, 0.29) is 17.8 Å². The number of aromatic nitrogens is 2. The number of aliphatic imine (C=N–C) groups is 1. The molecule has 0 saturated carbocycles. The van der Waals surface area contributed by atoms with Crippen molar-refractivity contribution < 1.29 is 9.53 Å². The Morgan fingerprint density at radius 2 is 2.15 bits per heavy atom. The van der Waals surface area contributed by atoms with Crippen molar-refractivity contribution in [3.8, 4) is 0 Å². The molecule has 0 fully saturated rings. The van der Waals surface area contributed by atoms with E-state index in [1.165, 1.54) is 23.1 Å². The molecule has 2 unspecified atom stereocenters. The molecule has 2 atom stereocenters. The number of hydrogen-bond donors (Lipinski definition) is 1. The number of fused-ring (bicyclic) bond motifs is 2. The summed E-state index contributed by atoms with van der Waals surface area (Å²) < 4.78 is 5.47. The van der Waals surface area contributed by atoms with Gasteiger partial charge >= 0.3 is 5.97 Å². The second kappa shape index (κ2) is 7.06. The SMILES string of the molecule is CCCC1=Nc2[nH]ncc2C(c2cccc3c2CCC3)C1C(=O)OCC. The molecule has 136 valence electrons. The highest BCUT2D eigenvalue weighted by Gasteiger charge is 2.42. The lowest BCUT2D eigenvalue weighted by Gasteiger charge is -2.31. The zero-order chi connectivity index (χ0) is 18.1. The lowest BCUT2D eigenvalue weighted by Crippen LogP contribution is -2.35. The Bertz CT molecular complexity index is 853. The Morgan fingerprint density at radius 1 is 1.27 bits per heavy atom. The Hall–Kier alpha value is -2.43. The summed E-state index contributed by atoms with van der Waals surface area (Å²) in [5, 5.41) is 7.24. The standard InChI is InChI=1S/C21H25N3O2/c1-3-7-17-19(21(25)26-4-2)18(16-12-22-24-20(16)23-17)15-11-6-9-13-8-5-10-14(13)15/h6,9,11-12,18-19H,3-5,7-8,10H2,1-2H3,(H,22,24). The van der Waals surface area contributed by atoms with Gasteiger partial charge in [0.15, 0.2) is 5.82 Å². The molecule has 1 aliphatic heterocycles. The minimum atomic E-state index is -0.368. The third-order valence-electron chi connectivity index (χ3n) is 5.49. The number of H-pyrrole nitrogens is 1. The second-order valence-corrected chi connectivity index (χ2v) is 7.07. The van der Waals surface area contributed by atoms with Gasteiger partial charge in [-0.1, -0.05) is 31.5 Å². The topological polar surface area (TPSA) is 67.3 Å². The second-order valence-electron chi connectivity index (χ2n) is 7.07. The Kier molecular flexibility index (Phi) is 4.62. The van der Waals surface area contributed by atoms with Gasteiger partial charge in [-0.15, -0.1) is 0 Å². The third-order valence-corrected chi connectivity index (χ3v) is 5.49. The van der Waals surface area contributed by atoms with Gasteiger partial charge in [-0.2, -0.15) is 5.10 Å². The molecule has 1 aliphatic carbocycles. The highest BCUT2D eigenvalue weighted by molar-refractivity contribution is 6.06. The summed E-state index contributed by atoms with van der Waals surface area (Å²) in [6.07, 6.45) is 6.93. The van der Waals surface area contributed by atoms with E-state index in [4.69, 9.17) is 9.73 Å². The van der Waals surface area contributed by atoms with E-state index in [0.29, 0.717) is 6.61 Å². The molecule has 1 aromatic carbocycles. The molecule has 1 aromatic heterocycles. The summed E-state index contributed by atoms with van der Waals surface area (Å²) in [4.78, 5) is 17.7. The highest BCUT2D eigenvalue weighted by Crippen LogP contribution is 2.45. The molecule has 4 rings (SSSR count). The van der Waals surface area contributed by atoms with Crippen LogP contribution in [0.3, 0.4) is 0 Å². The lowest BCUT2D eigenvalue weighted by molar-refractivity contribution is -0.146. The fraction of sp³-hybridized carbons (Fsp3) is 0.476. The van der Waals surface area contributed by atoms with Crippen molar-refractivity contribution in [2.75, 3.05) is 6.61 Å². The largest absolute Gasteiger partial charge is 0.465 e. The van der Waals surface area contributed by atoms with Gasteiger partial charge in [-0.25, -0.2) is 4.99 Å². The fourth-order valence-corrected chi connectivity index (χ4v) is 4.45. The van der Waals surface area contributed by atoms with Crippen LogP contribution in [-0.4, -0.2) is 28.5 Å². The van der Waals surface area contributed by atoms with Crippen LogP contribution in [0.15, 0.2) is 29.4 Å². The van der Waals surface area contributed by atoms with Crippen molar-refractivity contribution in [2.45, 2.75) is 51.9 Å². The molecule has 0 saturated heterocycles. The number of rotatable bonds is 5. The zero-order valence-corrected chi connectivity index (χ0v) is 15.4. The first-order chi connectivity index (χ1) is 12.7. The minimum absolute atomic E-state index is 0.0742. The van der Waals surface area contributed by atoms with E-state index in [0.717, 1.165) is 42.8 Å². The molecule has 5 nitrogen and oxygen atoms in total. The molecule has 2 aromatic rings. The van der Waals surface area contributed by atoms with Crippen molar-refractivity contribution in [3.05, 3.63) is 46.6 Å². The quantitative estimate of drug-likeness (QED) is 0.825. The van der Waals surface area contributed by atoms with Crippen LogP contribution in [-0.2, 0) is 22.4 Å². The fourth-order valence-electron chi connectivity index (χ4n) is 4.45. The first-order valence-electron chi connectivity index (χ1n) is 9.62. The number of benzene rings is 1. The van der Waals surface area contributed by atoms with Gasteiger partial charge < -0.3 is 4.74 Å². The molecule has 26 heavy (non-hydrogen) atoms. The average molecular weight is 351 g/mol. The molecule has 5 heteroatoms. The van der Waals surface area contributed by atoms with Gasteiger partial charge in [0, 0.05) is 17.2 Å². The highest BCUT2D eigenvalue weighted by atomic mass is 16.5. The van der Waals surface area contributed by atoms with E-state index < -0.39 is 0 Å². The zero-order valence-electron chi connectivity index (χ0n) is 15.4. The molecule has 1 N–H and O–H groups in total. The lowest BCUT2D eigenvalue weighted by atomic mass is 9.74. The van der Waals surface area contributed by atoms with Crippen LogP contribution in [0.2, 0.25) is 0 Å². The van der Waals surface area contributed by atoms with Crippen LogP contribution in [0.4, 0.5) is 5.82 Å². The van der Waals surface area contributed by atoms with E-state index in [1.54, 1.807) is 0 Å². The molecule has 2 heterocycles. The van der Waals surface area contributed by atoms with Gasteiger partial charge in [0.1, 0.15) is 5.92 Å². The maximum Gasteiger partial charge on any atom is 0.315 e. The van der Waals surface area contributed by atoms with E-state index >= 15 is 0 Å². The number of nitrogens with zero attached hydrogens (tertiary/aromatic N) is 2. The number of carbonyl (C=O) groups excluding carboxylic acids is 1. The number of aromatic amines is 1. The van der Waals surface area contributed by atoms with Crippen molar-refractivity contribution in [1.82, 2.24) is 10.2 Å². The normalized spacial score (nSPS) is 21.1. The van der Waals surface area contributed by atoms with Crippen molar-refractivity contribution in [1.29, 1.82) is 0 Å². The van der Waals surface area contributed by atoms with Gasteiger partial charge in [0.2, 0.25) is 0 Å². The average Bonchev–Trinajstić information content (AvgIpc) is 3.29. The summed E-state index contributed by atoms with van der Waals surface area (Å²) in [6.45, 7) is 4.35. The van der Waals surface area contributed by atoms with E-state index in [9.17, 15) is 4.79 Å². The summed E-state index contributed by atoms with van der Waals surface area (Å²) in [5.74, 6) is 0.170. The Labute approximate surface area is 153 Å². The van der Waals surface area contributed by atoms with Crippen LogP contribution >= 0.6 is 0 Å². The van der Waals surface area contributed by atoms with Gasteiger partial charge in [-0.05, 0) is 49.3 Å². The molecule has 0 bridgehead atoms. The van der Waals surface area contributed by atoms with Crippen LogP contribution in [0.1, 0.15) is 61.3 Å². The third kappa shape index (κ3) is 2.75. The maximum atomic E-state index is 13.0. The number of carbonyl (C=O) groups is 1. The maximum absolute atomic E-state index is 13.0. The van der Waals surface area contributed by atoms with Gasteiger partial charge in [0.25, 0.3) is 0 Å². The molecule has 2 aliphatic rings. The van der Waals surface area contributed by atoms with Gasteiger partial charge in [0.05, 0.1) is 12.8 Å².